The summed E-state index contributed by atoms with van der Waals surface area (Å²) in [6, 6.07) is 29.7. The highest BCUT2D eigenvalue weighted by Gasteiger charge is 2.14. The first-order chi connectivity index (χ1) is 12.7. The zero-order valence-corrected chi connectivity index (χ0v) is 14.3. The van der Waals surface area contributed by atoms with Gasteiger partial charge in [-0.05, 0) is 40.6 Å². The van der Waals surface area contributed by atoms with E-state index in [0.717, 1.165) is 11.3 Å². The third kappa shape index (κ3) is 2.15. The minimum atomic E-state index is -0.453. The van der Waals surface area contributed by atoms with Gasteiger partial charge in [-0.2, -0.15) is 0 Å². The summed E-state index contributed by atoms with van der Waals surface area (Å²) < 4.78 is 2.31. The molecule has 0 aliphatic heterocycles. The van der Waals surface area contributed by atoms with Crippen molar-refractivity contribution in [2.45, 2.75) is 6.17 Å². The van der Waals surface area contributed by atoms with Crippen molar-refractivity contribution < 1.29 is 0 Å². The number of hydrogen-bond acceptors (Lipinski definition) is 2. The van der Waals surface area contributed by atoms with Gasteiger partial charge in [-0.15, -0.1) is 0 Å². The molecule has 126 valence electrons. The van der Waals surface area contributed by atoms with Crippen LogP contribution in [0.15, 0.2) is 84.9 Å². The lowest BCUT2D eigenvalue weighted by Crippen LogP contribution is -2.19. The fraction of sp³-hybridized carbons (Fsp3) is 0.0435. The van der Waals surface area contributed by atoms with Crippen LogP contribution in [0.4, 0.5) is 0 Å². The second kappa shape index (κ2) is 5.70. The molecule has 26 heavy (non-hydrogen) atoms. The van der Waals surface area contributed by atoms with Crippen LogP contribution in [-0.2, 0) is 0 Å². The van der Waals surface area contributed by atoms with Crippen LogP contribution < -0.4 is 11.5 Å². The normalized spacial score (nSPS) is 11.8. The second-order valence-corrected chi connectivity index (χ2v) is 6.65. The number of fused-ring (bicyclic) bond motifs is 5. The maximum Gasteiger partial charge on any atom is 0.0784 e. The Bertz CT molecular complexity index is 1250. The number of rotatable bonds is 2. The van der Waals surface area contributed by atoms with Crippen LogP contribution in [0, 0.1) is 0 Å². The lowest BCUT2D eigenvalue weighted by molar-refractivity contribution is 0.773. The number of aromatic nitrogens is 1. The van der Waals surface area contributed by atoms with Crippen molar-refractivity contribution in [2.24, 2.45) is 11.5 Å². The molecule has 0 bridgehead atoms. The van der Waals surface area contributed by atoms with E-state index in [1.54, 1.807) is 0 Å². The molecule has 4 aromatic carbocycles. The maximum absolute atomic E-state index is 5.80. The first-order valence-electron chi connectivity index (χ1n) is 8.76. The van der Waals surface area contributed by atoms with Crippen molar-refractivity contribution in [3.63, 3.8) is 0 Å². The van der Waals surface area contributed by atoms with Gasteiger partial charge in [0.15, 0.2) is 0 Å². The quantitative estimate of drug-likeness (QED) is 0.452. The average Bonchev–Trinajstić information content (AvgIpc) is 3.03. The Kier molecular flexibility index (Phi) is 3.32. The van der Waals surface area contributed by atoms with Gasteiger partial charge in [-0.3, -0.25) is 0 Å². The first-order valence-corrected chi connectivity index (χ1v) is 8.76. The van der Waals surface area contributed by atoms with Gasteiger partial charge in [-0.25, -0.2) is 0 Å². The molecule has 4 N–H and O–H groups in total. The molecule has 0 saturated carbocycles. The van der Waals surface area contributed by atoms with Crippen molar-refractivity contribution in [3.8, 4) is 5.69 Å². The molecule has 0 spiro atoms. The zero-order chi connectivity index (χ0) is 17.7. The summed E-state index contributed by atoms with van der Waals surface area (Å²) >= 11 is 0. The van der Waals surface area contributed by atoms with Gasteiger partial charge in [-0.1, -0.05) is 60.7 Å². The maximum atomic E-state index is 5.80. The SMILES string of the molecule is NC(N)c1ccc(-n2c3ccccc3c3c4ccccc4ccc32)cc1. The smallest absolute Gasteiger partial charge is 0.0784 e. The van der Waals surface area contributed by atoms with Gasteiger partial charge in [0, 0.05) is 16.5 Å². The molecule has 5 aromatic rings. The zero-order valence-electron chi connectivity index (χ0n) is 14.3. The molecule has 0 unspecified atom stereocenters. The fourth-order valence-electron chi connectivity index (χ4n) is 3.86. The average molecular weight is 337 g/mol. The lowest BCUT2D eigenvalue weighted by atomic mass is 10.0. The van der Waals surface area contributed by atoms with E-state index in [-0.39, 0.29) is 0 Å². The topological polar surface area (TPSA) is 57.0 Å². The molecular weight excluding hydrogens is 318 g/mol. The number of nitrogens with zero attached hydrogens (tertiary/aromatic N) is 1. The van der Waals surface area contributed by atoms with E-state index in [1.165, 1.54) is 32.6 Å². The highest BCUT2D eigenvalue weighted by molar-refractivity contribution is 6.21. The Hall–Kier alpha value is -3.14. The van der Waals surface area contributed by atoms with Gasteiger partial charge in [0.1, 0.15) is 0 Å². The third-order valence-electron chi connectivity index (χ3n) is 5.10. The van der Waals surface area contributed by atoms with Crippen molar-refractivity contribution in [1.82, 2.24) is 4.57 Å². The summed E-state index contributed by atoms with van der Waals surface area (Å²) in [4.78, 5) is 0. The standard InChI is InChI=1S/C23H19N3/c24-23(25)16-9-12-17(13-10-16)26-20-8-4-3-7-19(20)22-18-6-2-1-5-15(18)11-14-21(22)26/h1-14,23H,24-25H2. The minimum absolute atomic E-state index is 0.453. The number of benzene rings is 4. The van der Waals surface area contributed by atoms with Gasteiger partial charge < -0.3 is 16.0 Å². The molecule has 0 aliphatic carbocycles. The summed E-state index contributed by atoms with van der Waals surface area (Å²) in [6.45, 7) is 0. The monoisotopic (exact) mass is 337 g/mol. The van der Waals surface area contributed by atoms with Crippen molar-refractivity contribution >= 4 is 32.6 Å². The van der Waals surface area contributed by atoms with Crippen molar-refractivity contribution in [2.75, 3.05) is 0 Å². The molecule has 0 fully saturated rings. The highest BCUT2D eigenvalue weighted by atomic mass is 15.0. The molecule has 0 radical (unpaired) electrons. The van der Waals surface area contributed by atoms with E-state index in [9.17, 15) is 0 Å². The Morgan fingerprint density at radius 3 is 2.08 bits per heavy atom. The predicted molar refractivity (Wildman–Crippen MR) is 109 cm³/mol. The molecule has 1 heterocycles. The molecule has 0 atom stereocenters. The van der Waals surface area contributed by atoms with Crippen LogP contribution in [0.1, 0.15) is 11.7 Å². The van der Waals surface area contributed by atoms with Crippen LogP contribution in [-0.4, -0.2) is 4.57 Å². The molecular formula is C23H19N3. The number of nitrogens with two attached hydrogens (primary N) is 2. The molecule has 0 saturated heterocycles. The highest BCUT2D eigenvalue weighted by Crippen LogP contribution is 2.36. The Balaban J connectivity index is 1.91. The minimum Gasteiger partial charge on any atom is -0.312 e. The van der Waals surface area contributed by atoms with Gasteiger partial charge in [0.05, 0.1) is 17.2 Å². The molecule has 5 rings (SSSR count). The Morgan fingerprint density at radius 1 is 0.615 bits per heavy atom. The summed E-state index contributed by atoms with van der Waals surface area (Å²) in [7, 11) is 0. The van der Waals surface area contributed by atoms with E-state index in [1.807, 2.05) is 12.1 Å². The fourth-order valence-corrected chi connectivity index (χ4v) is 3.86. The molecule has 3 heteroatoms. The second-order valence-electron chi connectivity index (χ2n) is 6.65. The Labute approximate surface area is 151 Å². The molecule has 3 nitrogen and oxygen atoms in total. The number of hydrogen-bond donors (Lipinski definition) is 2. The van der Waals surface area contributed by atoms with E-state index in [0.29, 0.717) is 0 Å². The Morgan fingerprint density at radius 2 is 1.31 bits per heavy atom. The van der Waals surface area contributed by atoms with Gasteiger partial charge >= 0.3 is 0 Å². The summed E-state index contributed by atoms with van der Waals surface area (Å²) in [5.74, 6) is 0. The predicted octanol–water partition coefficient (Wildman–Crippen LogP) is 4.85. The van der Waals surface area contributed by atoms with E-state index < -0.39 is 6.17 Å². The van der Waals surface area contributed by atoms with Crippen LogP contribution in [0.5, 0.6) is 0 Å². The molecule has 0 aliphatic rings. The number of para-hydroxylation sites is 1. The van der Waals surface area contributed by atoms with Crippen LogP contribution in [0.25, 0.3) is 38.3 Å². The van der Waals surface area contributed by atoms with E-state index in [4.69, 9.17) is 11.5 Å². The van der Waals surface area contributed by atoms with Crippen LogP contribution in [0.2, 0.25) is 0 Å². The van der Waals surface area contributed by atoms with Crippen LogP contribution >= 0.6 is 0 Å². The van der Waals surface area contributed by atoms with Gasteiger partial charge in [0.2, 0.25) is 0 Å². The third-order valence-corrected chi connectivity index (χ3v) is 5.10. The lowest BCUT2D eigenvalue weighted by Gasteiger charge is -2.11. The van der Waals surface area contributed by atoms with Crippen molar-refractivity contribution in [3.05, 3.63) is 90.5 Å². The van der Waals surface area contributed by atoms with Crippen LogP contribution in [0.3, 0.4) is 0 Å². The largest absolute Gasteiger partial charge is 0.312 e. The van der Waals surface area contributed by atoms with E-state index in [2.05, 4.69) is 77.4 Å². The molecule has 0 amide bonds. The van der Waals surface area contributed by atoms with Gasteiger partial charge in [0.25, 0.3) is 0 Å². The molecule has 1 aromatic heterocycles. The first kappa shape index (κ1) is 15.1. The summed E-state index contributed by atoms with van der Waals surface area (Å²) in [5.41, 5.74) is 16.0. The van der Waals surface area contributed by atoms with Crippen molar-refractivity contribution in [1.29, 1.82) is 0 Å². The summed E-state index contributed by atoms with van der Waals surface area (Å²) in [6.07, 6.45) is -0.453. The van der Waals surface area contributed by atoms with E-state index >= 15 is 0 Å². The summed E-state index contributed by atoms with van der Waals surface area (Å²) in [5, 5.41) is 5.09.